The summed E-state index contributed by atoms with van der Waals surface area (Å²) in [5.41, 5.74) is 2.66. The lowest BCUT2D eigenvalue weighted by atomic mass is 10.2. The molecule has 1 fully saturated rings. The molecule has 146 valence electrons. The minimum atomic E-state index is -0.437. The van der Waals surface area contributed by atoms with Gasteiger partial charge in [0.2, 0.25) is 0 Å². The van der Waals surface area contributed by atoms with Crippen molar-refractivity contribution in [3.63, 3.8) is 0 Å². The summed E-state index contributed by atoms with van der Waals surface area (Å²) in [6.07, 6.45) is 1.04. The summed E-state index contributed by atoms with van der Waals surface area (Å²) in [5, 5.41) is 9.28. The van der Waals surface area contributed by atoms with Crippen LogP contribution in [0.25, 0.3) is 10.2 Å². The molecule has 0 radical (unpaired) electrons. The maximum Gasteiger partial charge on any atom is 0.358 e. The van der Waals surface area contributed by atoms with Crippen molar-refractivity contribution in [2.75, 3.05) is 42.6 Å². The molecule has 0 saturated carbocycles. The highest BCUT2D eigenvalue weighted by atomic mass is 32.1. The van der Waals surface area contributed by atoms with Crippen LogP contribution in [-0.2, 0) is 11.2 Å². The molecule has 1 aliphatic rings. The van der Waals surface area contributed by atoms with Crippen molar-refractivity contribution < 1.29 is 9.53 Å². The number of hydrogen-bond donors (Lipinski definition) is 0. The average Bonchev–Trinajstić information content (AvgIpc) is 3.17. The van der Waals surface area contributed by atoms with Crippen molar-refractivity contribution in [3.8, 4) is 0 Å². The van der Waals surface area contributed by atoms with Gasteiger partial charge in [-0.05, 0) is 43.2 Å². The fourth-order valence-electron chi connectivity index (χ4n) is 3.25. The van der Waals surface area contributed by atoms with Gasteiger partial charge in [-0.25, -0.2) is 9.78 Å². The zero-order chi connectivity index (χ0) is 19.5. The van der Waals surface area contributed by atoms with E-state index >= 15 is 0 Å². The molecule has 8 heteroatoms. The van der Waals surface area contributed by atoms with Gasteiger partial charge in [0.05, 0.1) is 16.8 Å². The lowest BCUT2D eigenvalue weighted by Gasteiger charge is -2.34. The number of ether oxygens (including phenoxy) is 1. The molecule has 3 aromatic rings. The lowest BCUT2D eigenvalue weighted by Crippen LogP contribution is -2.46. The number of piperazine rings is 1. The van der Waals surface area contributed by atoms with E-state index in [1.165, 1.54) is 10.3 Å². The van der Waals surface area contributed by atoms with Crippen LogP contribution in [0.4, 0.5) is 10.9 Å². The summed E-state index contributed by atoms with van der Waals surface area (Å²) in [4.78, 5) is 21.0. The Hall–Kier alpha value is -2.74. The molecule has 0 aliphatic carbocycles. The Morgan fingerprint density at radius 2 is 1.86 bits per heavy atom. The Bertz CT molecular complexity index is 964. The summed E-state index contributed by atoms with van der Waals surface area (Å²) >= 11 is 1.76. The van der Waals surface area contributed by atoms with Gasteiger partial charge in [-0.3, -0.25) is 0 Å². The first kappa shape index (κ1) is 18.6. The minimum absolute atomic E-state index is 0.241. The van der Waals surface area contributed by atoms with Crippen molar-refractivity contribution in [2.45, 2.75) is 20.3 Å². The highest BCUT2D eigenvalue weighted by Gasteiger charge is 2.21. The van der Waals surface area contributed by atoms with Crippen LogP contribution in [0.5, 0.6) is 0 Å². The van der Waals surface area contributed by atoms with Gasteiger partial charge in [0.1, 0.15) is 0 Å². The number of fused-ring (bicyclic) bond motifs is 1. The van der Waals surface area contributed by atoms with E-state index in [-0.39, 0.29) is 5.69 Å². The molecule has 2 aromatic heterocycles. The molecular formula is C20H23N5O2S. The molecule has 1 aliphatic heterocycles. The molecule has 7 nitrogen and oxygen atoms in total. The molecule has 4 rings (SSSR count). The van der Waals surface area contributed by atoms with Gasteiger partial charge in [0, 0.05) is 26.2 Å². The molecule has 0 bridgehead atoms. The number of esters is 1. The summed E-state index contributed by atoms with van der Waals surface area (Å²) in [7, 11) is 0. The predicted octanol–water partition coefficient (Wildman–Crippen LogP) is 3.15. The van der Waals surface area contributed by atoms with Crippen LogP contribution in [0.3, 0.4) is 0 Å². The molecule has 0 amide bonds. The van der Waals surface area contributed by atoms with Gasteiger partial charge in [-0.2, -0.15) is 0 Å². The quantitative estimate of drug-likeness (QED) is 0.613. The van der Waals surface area contributed by atoms with E-state index in [1.54, 1.807) is 24.3 Å². The first-order chi connectivity index (χ1) is 13.7. The van der Waals surface area contributed by atoms with E-state index in [9.17, 15) is 4.79 Å². The fourth-order valence-corrected chi connectivity index (χ4v) is 4.33. The summed E-state index contributed by atoms with van der Waals surface area (Å²) in [6.45, 7) is 7.70. The zero-order valence-corrected chi connectivity index (χ0v) is 16.9. The van der Waals surface area contributed by atoms with Crippen LogP contribution in [0.15, 0.2) is 30.3 Å². The number of thiazole rings is 1. The van der Waals surface area contributed by atoms with E-state index in [1.807, 2.05) is 6.07 Å². The normalized spacial score (nSPS) is 14.5. The molecule has 0 N–H and O–H groups in total. The largest absolute Gasteiger partial charge is 0.461 e. The standard InChI is InChI=1S/C20H23N5O2S/c1-3-14-5-6-15-17(13-14)28-20(21-15)25-11-9-24(10-12-25)18-8-7-16(22-23-18)19(26)27-4-2/h5-8,13H,3-4,9-12H2,1-2H3. The van der Waals surface area contributed by atoms with Gasteiger partial charge < -0.3 is 14.5 Å². The Morgan fingerprint density at radius 3 is 2.54 bits per heavy atom. The first-order valence-corrected chi connectivity index (χ1v) is 10.4. The molecule has 28 heavy (non-hydrogen) atoms. The van der Waals surface area contributed by atoms with Crippen LogP contribution >= 0.6 is 11.3 Å². The number of benzene rings is 1. The van der Waals surface area contributed by atoms with Crippen LogP contribution in [0.1, 0.15) is 29.9 Å². The predicted molar refractivity (Wildman–Crippen MR) is 111 cm³/mol. The van der Waals surface area contributed by atoms with Crippen LogP contribution in [0, 0.1) is 0 Å². The summed E-state index contributed by atoms with van der Waals surface area (Å²) in [6, 6.07) is 10.0. The molecule has 1 aromatic carbocycles. The summed E-state index contributed by atoms with van der Waals surface area (Å²) in [5.74, 6) is 0.345. The van der Waals surface area contributed by atoms with E-state index in [0.717, 1.165) is 49.1 Å². The minimum Gasteiger partial charge on any atom is -0.461 e. The molecule has 0 atom stereocenters. The monoisotopic (exact) mass is 397 g/mol. The van der Waals surface area contributed by atoms with E-state index in [0.29, 0.717) is 6.61 Å². The maximum atomic E-state index is 11.7. The van der Waals surface area contributed by atoms with E-state index in [4.69, 9.17) is 9.72 Å². The Balaban J connectivity index is 1.41. The van der Waals surface area contributed by atoms with Crippen molar-refractivity contribution >= 4 is 38.5 Å². The molecule has 3 heterocycles. The number of aryl methyl sites for hydroxylation is 1. The molecule has 1 saturated heterocycles. The second-order valence-electron chi connectivity index (χ2n) is 6.62. The number of carbonyl (C=O) groups is 1. The fraction of sp³-hybridized carbons (Fsp3) is 0.400. The second-order valence-corrected chi connectivity index (χ2v) is 7.63. The second kappa shape index (κ2) is 8.10. The molecular weight excluding hydrogens is 374 g/mol. The van der Waals surface area contributed by atoms with Gasteiger partial charge in [0.25, 0.3) is 0 Å². The number of rotatable bonds is 5. The van der Waals surface area contributed by atoms with Crippen LogP contribution in [0.2, 0.25) is 0 Å². The third kappa shape index (κ3) is 3.77. The topological polar surface area (TPSA) is 71.5 Å². The zero-order valence-electron chi connectivity index (χ0n) is 16.1. The number of carbonyl (C=O) groups excluding carboxylic acids is 1. The van der Waals surface area contributed by atoms with Crippen LogP contribution < -0.4 is 9.80 Å². The van der Waals surface area contributed by atoms with Gasteiger partial charge in [0.15, 0.2) is 16.6 Å². The van der Waals surface area contributed by atoms with Crippen molar-refractivity contribution in [2.24, 2.45) is 0 Å². The Morgan fingerprint density at radius 1 is 1.07 bits per heavy atom. The Kier molecular flexibility index (Phi) is 5.38. The van der Waals surface area contributed by atoms with Gasteiger partial charge in [-0.15, -0.1) is 10.2 Å². The van der Waals surface area contributed by atoms with Gasteiger partial charge >= 0.3 is 5.97 Å². The third-order valence-corrected chi connectivity index (χ3v) is 5.94. The molecule has 0 spiro atoms. The smallest absolute Gasteiger partial charge is 0.358 e. The number of nitrogens with zero attached hydrogens (tertiary/aromatic N) is 5. The van der Waals surface area contributed by atoms with E-state index < -0.39 is 5.97 Å². The van der Waals surface area contributed by atoms with Gasteiger partial charge in [-0.1, -0.05) is 24.3 Å². The maximum absolute atomic E-state index is 11.7. The SMILES string of the molecule is CCOC(=O)c1ccc(N2CCN(c3nc4ccc(CC)cc4s3)CC2)nn1. The first-order valence-electron chi connectivity index (χ1n) is 9.58. The Labute approximate surface area is 168 Å². The van der Waals surface area contributed by atoms with Crippen molar-refractivity contribution in [3.05, 3.63) is 41.6 Å². The van der Waals surface area contributed by atoms with Crippen molar-refractivity contribution in [1.29, 1.82) is 0 Å². The van der Waals surface area contributed by atoms with Crippen molar-refractivity contribution in [1.82, 2.24) is 15.2 Å². The average molecular weight is 398 g/mol. The number of aromatic nitrogens is 3. The van der Waals surface area contributed by atoms with Crippen LogP contribution in [-0.4, -0.2) is 53.9 Å². The summed E-state index contributed by atoms with van der Waals surface area (Å²) < 4.78 is 6.20. The number of anilines is 2. The van der Waals surface area contributed by atoms with E-state index in [2.05, 4.69) is 45.1 Å². The highest BCUT2D eigenvalue weighted by molar-refractivity contribution is 7.22. The highest BCUT2D eigenvalue weighted by Crippen LogP contribution is 2.30. The lowest BCUT2D eigenvalue weighted by molar-refractivity contribution is 0.0518. The molecule has 0 unspecified atom stereocenters. The third-order valence-electron chi connectivity index (χ3n) is 4.86. The number of hydrogen-bond acceptors (Lipinski definition) is 8.